The molecule has 0 atom stereocenters. The van der Waals surface area contributed by atoms with Crippen molar-refractivity contribution >= 4 is 11.8 Å². The molecule has 0 aromatic heterocycles. The molecule has 0 bridgehead atoms. The Morgan fingerprint density at radius 3 is 1.52 bits per heavy atom. The van der Waals surface area contributed by atoms with E-state index >= 15 is 0 Å². The fourth-order valence-electron chi connectivity index (χ4n) is 2.66. The standard InChI is InChI=1S/C19H36O3.Na.H/c1-3-4-5-6-7-8-9-10-11-12-13-14-15-16-18(20)17-19(21)22-2;;/h3-17H2,1-2H3;;/q;+1;-1. The van der Waals surface area contributed by atoms with E-state index < -0.39 is 5.97 Å². The summed E-state index contributed by atoms with van der Waals surface area (Å²) in [6.45, 7) is 2.26. The Morgan fingerprint density at radius 2 is 1.13 bits per heavy atom. The van der Waals surface area contributed by atoms with Crippen molar-refractivity contribution in [1.29, 1.82) is 0 Å². The first kappa shape index (κ1) is 25.4. The number of Topliss-reactive ketones (excluding diaryl/α,β-unsaturated/α-hetero) is 1. The SMILES string of the molecule is CCCCCCCCCCCCCCCC(=O)CC(=O)OC.[H-].[Na+]. The zero-order chi connectivity index (χ0) is 16.5. The molecule has 0 radical (unpaired) electrons. The van der Waals surface area contributed by atoms with E-state index in [9.17, 15) is 9.59 Å². The van der Waals surface area contributed by atoms with Crippen LogP contribution in [0, 0.1) is 0 Å². The van der Waals surface area contributed by atoms with Crippen molar-refractivity contribution in [2.24, 2.45) is 0 Å². The average molecular weight is 336 g/mol. The Balaban J connectivity index is -0.00000220. The summed E-state index contributed by atoms with van der Waals surface area (Å²) in [5.74, 6) is -0.408. The van der Waals surface area contributed by atoms with Gasteiger partial charge in [-0.25, -0.2) is 0 Å². The van der Waals surface area contributed by atoms with Gasteiger partial charge in [0.25, 0.3) is 0 Å². The Hall–Kier alpha value is 0.140. The normalized spacial score (nSPS) is 10.2. The summed E-state index contributed by atoms with van der Waals surface area (Å²) in [6, 6.07) is 0. The summed E-state index contributed by atoms with van der Waals surface area (Å²) in [7, 11) is 1.32. The zero-order valence-corrected chi connectivity index (χ0v) is 17.8. The molecule has 0 N–H and O–H groups in total. The fourth-order valence-corrected chi connectivity index (χ4v) is 2.66. The van der Waals surface area contributed by atoms with Crippen LogP contribution in [0.25, 0.3) is 0 Å². The largest absolute Gasteiger partial charge is 1.00 e. The summed E-state index contributed by atoms with van der Waals surface area (Å²) < 4.78 is 4.48. The van der Waals surface area contributed by atoms with E-state index in [1.54, 1.807) is 0 Å². The summed E-state index contributed by atoms with van der Waals surface area (Å²) >= 11 is 0. The molecule has 3 nitrogen and oxygen atoms in total. The minimum Gasteiger partial charge on any atom is -1.00 e. The molecule has 0 saturated heterocycles. The number of esters is 1. The van der Waals surface area contributed by atoms with Gasteiger partial charge in [-0.3, -0.25) is 9.59 Å². The van der Waals surface area contributed by atoms with E-state index in [0.29, 0.717) is 6.42 Å². The van der Waals surface area contributed by atoms with Crippen molar-refractivity contribution in [3.05, 3.63) is 0 Å². The van der Waals surface area contributed by atoms with Gasteiger partial charge in [0.2, 0.25) is 0 Å². The fraction of sp³-hybridized carbons (Fsp3) is 0.895. The van der Waals surface area contributed by atoms with Gasteiger partial charge in [-0.15, -0.1) is 0 Å². The molecule has 0 rings (SSSR count). The van der Waals surface area contributed by atoms with Gasteiger partial charge in [0.15, 0.2) is 0 Å². The third-order valence-corrected chi connectivity index (χ3v) is 4.13. The van der Waals surface area contributed by atoms with Crippen LogP contribution < -0.4 is 29.6 Å². The van der Waals surface area contributed by atoms with Gasteiger partial charge >= 0.3 is 35.5 Å². The smallest absolute Gasteiger partial charge is 1.00 e. The number of carbonyl (C=O) groups is 2. The minimum atomic E-state index is -0.417. The number of rotatable bonds is 16. The van der Waals surface area contributed by atoms with Crippen molar-refractivity contribution in [3.63, 3.8) is 0 Å². The first-order valence-electron chi connectivity index (χ1n) is 9.29. The average Bonchev–Trinajstić information content (AvgIpc) is 2.51. The van der Waals surface area contributed by atoms with Crippen LogP contribution in [0.4, 0.5) is 0 Å². The van der Waals surface area contributed by atoms with Crippen LogP contribution in [0.2, 0.25) is 0 Å². The van der Waals surface area contributed by atoms with E-state index in [4.69, 9.17) is 0 Å². The zero-order valence-electron chi connectivity index (χ0n) is 16.8. The topological polar surface area (TPSA) is 43.4 Å². The van der Waals surface area contributed by atoms with Crippen molar-refractivity contribution < 1.29 is 45.3 Å². The summed E-state index contributed by atoms with van der Waals surface area (Å²) in [5.41, 5.74) is 0. The molecule has 0 aromatic carbocycles. The van der Waals surface area contributed by atoms with E-state index in [-0.39, 0.29) is 43.2 Å². The minimum absolute atomic E-state index is 0. The van der Waals surface area contributed by atoms with Crippen molar-refractivity contribution in [1.82, 2.24) is 0 Å². The molecule has 0 saturated carbocycles. The number of hydrogen-bond acceptors (Lipinski definition) is 3. The number of methoxy groups -OCH3 is 1. The van der Waals surface area contributed by atoms with Crippen molar-refractivity contribution in [3.8, 4) is 0 Å². The molecule has 0 fully saturated rings. The molecule has 0 aromatic rings. The summed E-state index contributed by atoms with van der Waals surface area (Å²) in [4.78, 5) is 22.3. The number of ether oxygens (including phenoxy) is 1. The van der Waals surface area contributed by atoms with E-state index in [2.05, 4.69) is 11.7 Å². The van der Waals surface area contributed by atoms with E-state index in [0.717, 1.165) is 12.8 Å². The first-order valence-corrected chi connectivity index (χ1v) is 9.29. The number of unbranched alkanes of at least 4 members (excludes halogenated alkanes) is 12. The third kappa shape index (κ3) is 20.1. The van der Waals surface area contributed by atoms with Gasteiger partial charge in [-0.2, -0.15) is 0 Å². The molecule has 0 unspecified atom stereocenters. The van der Waals surface area contributed by atoms with E-state index in [1.165, 1.54) is 77.7 Å². The maximum absolute atomic E-state index is 11.4. The van der Waals surface area contributed by atoms with Crippen LogP contribution >= 0.6 is 0 Å². The second-order valence-electron chi connectivity index (χ2n) is 6.28. The Bertz CT molecular complexity index is 286. The Kier molecular flexibility index (Phi) is 22.3. The molecule has 132 valence electrons. The Labute approximate surface area is 167 Å². The maximum Gasteiger partial charge on any atom is 1.00 e. The molecule has 0 aliphatic rings. The second kappa shape index (κ2) is 20.2. The summed E-state index contributed by atoms with van der Waals surface area (Å²) in [6.07, 6.45) is 17.4. The molecule has 0 aliphatic heterocycles. The van der Waals surface area contributed by atoms with Crippen LogP contribution in [0.15, 0.2) is 0 Å². The van der Waals surface area contributed by atoms with Crippen LogP contribution in [0.3, 0.4) is 0 Å². The molecule has 4 heteroatoms. The predicted octanol–water partition coefficient (Wildman–Crippen LogP) is 2.72. The van der Waals surface area contributed by atoms with Gasteiger partial charge in [0, 0.05) is 6.42 Å². The van der Waals surface area contributed by atoms with Crippen molar-refractivity contribution in [2.75, 3.05) is 7.11 Å². The number of ketones is 1. The first-order chi connectivity index (χ1) is 10.7. The quantitative estimate of drug-likeness (QED) is 0.188. The van der Waals surface area contributed by atoms with Gasteiger partial charge < -0.3 is 6.16 Å². The maximum atomic E-state index is 11.4. The summed E-state index contributed by atoms with van der Waals surface area (Å²) in [5, 5.41) is 0. The third-order valence-electron chi connectivity index (χ3n) is 4.13. The van der Waals surface area contributed by atoms with Gasteiger partial charge in [-0.05, 0) is 6.42 Å². The van der Waals surface area contributed by atoms with Crippen LogP contribution in [-0.4, -0.2) is 18.9 Å². The Morgan fingerprint density at radius 1 is 0.739 bits per heavy atom. The second-order valence-corrected chi connectivity index (χ2v) is 6.28. The van der Waals surface area contributed by atoms with Gasteiger partial charge in [0.05, 0.1) is 7.11 Å². The molecule has 0 amide bonds. The van der Waals surface area contributed by atoms with Crippen molar-refractivity contribution in [2.45, 2.75) is 103 Å². The van der Waals surface area contributed by atoms with Crippen LogP contribution in [-0.2, 0) is 14.3 Å². The molecule has 23 heavy (non-hydrogen) atoms. The predicted molar refractivity (Wildman–Crippen MR) is 93.1 cm³/mol. The molecule has 0 aliphatic carbocycles. The van der Waals surface area contributed by atoms with E-state index in [1.807, 2.05) is 0 Å². The van der Waals surface area contributed by atoms with Gasteiger partial charge in [-0.1, -0.05) is 84.0 Å². The van der Waals surface area contributed by atoms with Gasteiger partial charge in [0.1, 0.15) is 12.2 Å². The van der Waals surface area contributed by atoms with Crippen LogP contribution in [0.1, 0.15) is 105 Å². The monoisotopic (exact) mass is 336 g/mol. The number of hydrogen-bond donors (Lipinski definition) is 0. The number of carbonyl (C=O) groups excluding carboxylic acids is 2. The molecule has 0 spiro atoms. The van der Waals surface area contributed by atoms with Crippen LogP contribution in [0.5, 0.6) is 0 Å². The molecule has 0 heterocycles. The molecular formula is C19H37NaO3. The molecular weight excluding hydrogens is 299 g/mol.